The van der Waals surface area contributed by atoms with Gasteiger partial charge in [-0.15, -0.1) is 0 Å². The molecule has 0 aromatic heterocycles. The van der Waals surface area contributed by atoms with Crippen LogP contribution in [0.25, 0.3) is 10.4 Å². The first-order valence-electron chi connectivity index (χ1n) is 7.27. The molecule has 0 radical (unpaired) electrons. The van der Waals surface area contributed by atoms with Crippen LogP contribution in [0.2, 0.25) is 10.0 Å². The minimum absolute atomic E-state index is 0.0419. The lowest BCUT2D eigenvalue weighted by molar-refractivity contribution is -0.141. The van der Waals surface area contributed by atoms with Gasteiger partial charge in [-0.25, -0.2) is 0 Å². The van der Waals surface area contributed by atoms with Gasteiger partial charge in [0, 0.05) is 34.1 Å². The topological polar surface area (TPSA) is 69.1 Å². The molecule has 0 unspecified atom stereocenters. The Bertz CT molecular complexity index is 598. The van der Waals surface area contributed by atoms with E-state index in [-0.39, 0.29) is 11.9 Å². The number of hydrogen-bond donors (Lipinski definition) is 0. The van der Waals surface area contributed by atoms with Crippen LogP contribution in [-0.2, 0) is 10.2 Å². The lowest BCUT2D eigenvalue weighted by Crippen LogP contribution is -2.55. The monoisotopic (exact) mass is 340 g/mol. The zero-order chi connectivity index (χ0) is 16.3. The van der Waals surface area contributed by atoms with Gasteiger partial charge in [0.25, 0.3) is 0 Å². The van der Waals surface area contributed by atoms with E-state index in [4.69, 9.17) is 28.7 Å². The first kappa shape index (κ1) is 16.9. The van der Waals surface area contributed by atoms with Gasteiger partial charge in [0.2, 0.25) is 5.91 Å². The number of nitrogens with zero attached hydrogens (tertiary/aromatic N) is 4. The molecule has 5 nitrogen and oxygen atoms in total. The minimum Gasteiger partial charge on any atom is -0.342 e. The van der Waals surface area contributed by atoms with Gasteiger partial charge in [0.15, 0.2) is 0 Å². The van der Waals surface area contributed by atoms with Crippen molar-refractivity contribution in [3.05, 3.63) is 44.3 Å². The van der Waals surface area contributed by atoms with Crippen LogP contribution in [0.5, 0.6) is 0 Å². The molecule has 0 atom stereocenters. The van der Waals surface area contributed by atoms with Gasteiger partial charge in [-0.05, 0) is 56.0 Å². The maximum absolute atomic E-state index is 13.0. The van der Waals surface area contributed by atoms with Crippen LogP contribution in [0.4, 0.5) is 0 Å². The Hall–Kier alpha value is -1.42. The number of benzene rings is 1. The highest BCUT2D eigenvalue weighted by atomic mass is 35.5. The van der Waals surface area contributed by atoms with Crippen LogP contribution in [0.1, 0.15) is 32.3 Å². The predicted octanol–water partition coefficient (Wildman–Crippen LogP) is 4.57. The average Bonchev–Trinajstić information content (AvgIpc) is 2.42. The van der Waals surface area contributed by atoms with Crippen molar-refractivity contribution in [2.75, 3.05) is 13.1 Å². The summed E-state index contributed by atoms with van der Waals surface area (Å²) in [6, 6.07) is 5.04. The van der Waals surface area contributed by atoms with Crippen molar-refractivity contribution in [1.82, 2.24) is 4.90 Å². The number of likely N-dealkylation sites (N-methyl/N-ethyl adjacent to an activating group) is 1. The Morgan fingerprint density at radius 2 is 1.86 bits per heavy atom. The number of rotatable bonds is 5. The summed E-state index contributed by atoms with van der Waals surface area (Å²) in [6.45, 7) is 5.17. The maximum atomic E-state index is 13.0. The van der Waals surface area contributed by atoms with E-state index in [0.717, 1.165) is 5.56 Å². The highest BCUT2D eigenvalue weighted by molar-refractivity contribution is 6.34. The standard InChI is InChI=1S/C15H18Cl2N4O/c1-3-21(4-2)14(22)15(8-13(9-15)19-20-18)10-5-11(16)7-12(17)6-10/h5-7,13H,3-4,8-9H2,1-2H3. The third-order valence-electron chi connectivity index (χ3n) is 4.26. The van der Waals surface area contributed by atoms with Crippen molar-refractivity contribution in [3.63, 3.8) is 0 Å². The fourth-order valence-corrected chi connectivity index (χ4v) is 3.60. The van der Waals surface area contributed by atoms with Crippen LogP contribution in [-0.4, -0.2) is 29.9 Å². The normalized spacial score (nSPS) is 23.4. The SMILES string of the molecule is CCN(CC)C(=O)C1(c2cc(Cl)cc(Cl)c2)CC(N=[N+]=[N-])C1. The molecule has 1 saturated carbocycles. The molecule has 0 aliphatic heterocycles. The van der Waals surface area contributed by atoms with Crippen LogP contribution in [0, 0.1) is 0 Å². The molecular formula is C15H18Cl2N4O. The first-order chi connectivity index (χ1) is 10.5. The van der Waals surface area contributed by atoms with Gasteiger partial charge < -0.3 is 4.90 Å². The smallest absolute Gasteiger partial charge is 0.233 e. The summed E-state index contributed by atoms with van der Waals surface area (Å²) in [5.74, 6) is 0.0419. The van der Waals surface area contributed by atoms with E-state index in [1.54, 1.807) is 23.1 Å². The molecule has 0 N–H and O–H groups in total. The molecule has 0 saturated heterocycles. The second kappa shape index (κ2) is 6.78. The molecule has 1 aliphatic carbocycles. The number of carbonyl (C=O) groups is 1. The Balaban J connectivity index is 2.43. The fourth-order valence-electron chi connectivity index (χ4n) is 3.08. The summed E-state index contributed by atoms with van der Waals surface area (Å²) in [7, 11) is 0. The second-order valence-electron chi connectivity index (χ2n) is 5.48. The molecule has 0 bridgehead atoms. The highest BCUT2D eigenvalue weighted by Gasteiger charge is 2.52. The first-order valence-corrected chi connectivity index (χ1v) is 8.02. The summed E-state index contributed by atoms with van der Waals surface area (Å²) >= 11 is 12.2. The van der Waals surface area contributed by atoms with E-state index in [1.807, 2.05) is 13.8 Å². The van der Waals surface area contributed by atoms with Crippen molar-refractivity contribution in [2.24, 2.45) is 5.11 Å². The van der Waals surface area contributed by atoms with Gasteiger partial charge in [0.05, 0.1) is 5.41 Å². The van der Waals surface area contributed by atoms with E-state index >= 15 is 0 Å². The maximum Gasteiger partial charge on any atom is 0.233 e. The van der Waals surface area contributed by atoms with Crippen LogP contribution in [0.3, 0.4) is 0 Å². The summed E-state index contributed by atoms with van der Waals surface area (Å²) in [5, 5.41) is 4.74. The number of azide groups is 1. The number of halogens is 2. The molecule has 118 valence electrons. The molecule has 1 fully saturated rings. The van der Waals surface area contributed by atoms with Crippen molar-refractivity contribution in [1.29, 1.82) is 0 Å². The Morgan fingerprint density at radius 3 is 2.32 bits per heavy atom. The molecule has 2 rings (SSSR count). The van der Waals surface area contributed by atoms with Gasteiger partial charge in [-0.2, -0.15) is 0 Å². The quantitative estimate of drug-likeness (QED) is 0.439. The lowest BCUT2D eigenvalue weighted by Gasteiger charge is -2.47. The molecule has 1 aromatic carbocycles. The molecule has 7 heteroatoms. The molecule has 1 amide bonds. The third kappa shape index (κ3) is 3.02. The Kier molecular flexibility index (Phi) is 5.22. The average molecular weight is 341 g/mol. The fraction of sp³-hybridized carbons (Fsp3) is 0.533. The van der Waals surface area contributed by atoms with E-state index in [2.05, 4.69) is 10.0 Å². The summed E-state index contributed by atoms with van der Waals surface area (Å²) in [4.78, 5) is 17.6. The van der Waals surface area contributed by atoms with E-state index < -0.39 is 5.41 Å². The van der Waals surface area contributed by atoms with Gasteiger partial charge in [0.1, 0.15) is 0 Å². The Labute approximate surface area is 139 Å². The highest BCUT2D eigenvalue weighted by Crippen LogP contribution is 2.48. The van der Waals surface area contributed by atoms with Crippen molar-refractivity contribution in [2.45, 2.75) is 38.1 Å². The molecule has 1 aliphatic rings. The third-order valence-corrected chi connectivity index (χ3v) is 4.69. The number of amides is 1. The predicted molar refractivity (Wildman–Crippen MR) is 88.2 cm³/mol. The molecule has 1 aromatic rings. The van der Waals surface area contributed by atoms with E-state index in [0.29, 0.717) is 36.0 Å². The molecule has 0 heterocycles. The summed E-state index contributed by atoms with van der Waals surface area (Å²) in [6.07, 6.45) is 0.978. The van der Waals surface area contributed by atoms with Crippen molar-refractivity contribution >= 4 is 29.1 Å². The minimum atomic E-state index is -0.695. The van der Waals surface area contributed by atoms with Crippen molar-refractivity contribution < 1.29 is 4.79 Å². The van der Waals surface area contributed by atoms with Crippen LogP contribution >= 0.6 is 23.2 Å². The van der Waals surface area contributed by atoms with Gasteiger partial charge >= 0.3 is 0 Å². The zero-order valence-electron chi connectivity index (χ0n) is 12.6. The van der Waals surface area contributed by atoms with Crippen LogP contribution in [0.15, 0.2) is 23.3 Å². The number of hydrogen-bond acceptors (Lipinski definition) is 2. The largest absolute Gasteiger partial charge is 0.342 e. The Morgan fingerprint density at radius 1 is 1.32 bits per heavy atom. The molecule has 0 spiro atoms. The number of carbonyl (C=O) groups excluding carboxylic acids is 1. The van der Waals surface area contributed by atoms with Gasteiger partial charge in [-0.1, -0.05) is 28.3 Å². The van der Waals surface area contributed by atoms with Crippen LogP contribution < -0.4 is 0 Å². The molecule has 22 heavy (non-hydrogen) atoms. The van der Waals surface area contributed by atoms with Crippen molar-refractivity contribution in [3.8, 4) is 0 Å². The molecular weight excluding hydrogens is 323 g/mol. The van der Waals surface area contributed by atoms with E-state index in [9.17, 15) is 4.79 Å². The lowest BCUT2D eigenvalue weighted by atomic mass is 9.61. The van der Waals surface area contributed by atoms with Gasteiger partial charge in [-0.3, -0.25) is 4.79 Å². The zero-order valence-corrected chi connectivity index (χ0v) is 14.1. The summed E-state index contributed by atoms with van der Waals surface area (Å²) in [5.41, 5.74) is 8.69. The summed E-state index contributed by atoms with van der Waals surface area (Å²) < 4.78 is 0. The second-order valence-corrected chi connectivity index (χ2v) is 6.36. The van der Waals surface area contributed by atoms with E-state index in [1.165, 1.54) is 0 Å².